The second-order valence-corrected chi connectivity index (χ2v) is 18.8. The van der Waals surface area contributed by atoms with E-state index in [1.807, 2.05) is 142 Å². The molecule has 79 heavy (non-hydrogen) atoms. The van der Waals surface area contributed by atoms with Gasteiger partial charge in [0, 0.05) is 78.1 Å². The summed E-state index contributed by atoms with van der Waals surface area (Å²) in [5, 5.41) is 2.39. The van der Waals surface area contributed by atoms with Crippen molar-refractivity contribution >= 4 is 21.9 Å². The Morgan fingerprint density at radius 3 is 1.11 bits per heavy atom. The molecule has 0 fully saturated rings. The Morgan fingerprint density at radius 2 is 0.620 bits per heavy atom. The lowest BCUT2D eigenvalue weighted by Gasteiger charge is -1.98. The van der Waals surface area contributed by atoms with E-state index in [4.69, 9.17) is 4.42 Å². The van der Waals surface area contributed by atoms with E-state index >= 15 is 0 Å². The van der Waals surface area contributed by atoms with Crippen molar-refractivity contribution in [1.29, 1.82) is 0 Å². The lowest BCUT2D eigenvalue weighted by Crippen LogP contribution is -1.83. The van der Waals surface area contributed by atoms with E-state index in [0.717, 1.165) is 36.8 Å². The maximum absolute atomic E-state index is 5.65. The zero-order valence-electron chi connectivity index (χ0n) is 44.7. The highest BCUT2D eigenvalue weighted by atomic mass is 16.3. The molecule has 5 nitrogen and oxygen atoms in total. The normalized spacial score (nSPS) is 11.2. The minimum absolute atomic E-state index is 0.962. The molecule has 0 N–H and O–H groups in total. The highest BCUT2D eigenvalue weighted by Gasteiger charge is 2.20. The molecule has 0 aliphatic heterocycles. The summed E-state index contributed by atoms with van der Waals surface area (Å²) in [6.45, 7) is 4.00. The number of aromatic nitrogens is 4. The first-order valence-electron chi connectivity index (χ1n) is 27.2. The Kier molecular flexibility index (Phi) is 17.8. The minimum atomic E-state index is 0.962. The number of pyridine rings is 4. The molecule has 8 aromatic carbocycles. The van der Waals surface area contributed by atoms with Crippen LogP contribution in [-0.4, -0.2) is 19.9 Å². The van der Waals surface area contributed by atoms with Crippen LogP contribution in [0.25, 0.3) is 66.4 Å². The second-order valence-electron chi connectivity index (χ2n) is 18.8. The molecule has 4 aliphatic rings. The Hall–Kier alpha value is -9.84. The van der Waals surface area contributed by atoms with E-state index in [1.54, 1.807) is 12.4 Å². The van der Waals surface area contributed by atoms with Crippen LogP contribution < -0.4 is 0 Å². The molecule has 0 unspecified atom stereocenters. The van der Waals surface area contributed by atoms with Gasteiger partial charge in [-0.3, -0.25) is 19.9 Å². The Morgan fingerprint density at radius 1 is 0.253 bits per heavy atom. The highest BCUT2D eigenvalue weighted by Crippen LogP contribution is 2.38. The summed E-state index contributed by atoms with van der Waals surface area (Å²) in [6.07, 6.45) is 17.2. The maximum atomic E-state index is 5.65. The van der Waals surface area contributed by atoms with Gasteiger partial charge in [0.25, 0.3) is 0 Å². The van der Waals surface area contributed by atoms with E-state index in [9.17, 15) is 0 Å². The number of nitrogens with zero attached hydrogens (tertiary/aromatic N) is 4. The summed E-state index contributed by atoms with van der Waals surface area (Å²) >= 11 is 0. The van der Waals surface area contributed by atoms with Crippen LogP contribution in [0, 0.1) is 0 Å². The zero-order chi connectivity index (χ0) is 53.9. The lowest BCUT2D eigenvalue weighted by atomic mass is 10.1. The van der Waals surface area contributed by atoms with Gasteiger partial charge in [-0.1, -0.05) is 220 Å². The smallest absolute Gasteiger partial charge is 0.135 e. The second kappa shape index (κ2) is 26.8. The molecule has 0 bridgehead atoms. The molecule has 13 aromatic rings. The standard InChI is InChI=1S/C13H10.3C12H9N.C12H8O.C6H6.C5H5N.C2H6/c1-3-7-12-10(5-1)9-11-6-2-4-8-13(11)12;1-2-5-10-9(4-1)8-12-11(10)6-3-7-13-12;1-2-4-11-9(3-1)7-10-8-13-6-5-12(10)11;1-2-4-11-9(3-1)7-10-5-6-13-8-12(10)11;1-3-7-11-9(5-1)10-6-2-4-8-12(10)13-11;2*1-2-4-6-5-3-1;1-2/h1-8H,9H2;1-7H,8H2;2*1-6,8H,7H2;1-8H;1-6H;1-5H;1-2H3. The first-order chi connectivity index (χ1) is 39.2. The third kappa shape index (κ3) is 12.9. The summed E-state index contributed by atoms with van der Waals surface area (Å²) in [5.74, 6) is 0. The van der Waals surface area contributed by atoms with Gasteiger partial charge in [-0.2, -0.15) is 0 Å². The summed E-state index contributed by atoms with van der Waals surface area (Å²) in [7, 11) is 0. The highest BCUT2D eigenvalue weighted by molar-refractivity contribution is 6.04. The molecule has 5 heteroatoms. The van der Waals surface area contributed by atoms with Crippen LogP contribution in [0.2, 0.25) is 0 Å². The van der Waals surface area contributed by atoms with Crippen molar-refractivity contribution in [1.82, 2.24) is 19.9 Å². The van der Waals surface area contributed by atoms with Crippen LogP contribution in [-0.2, 0) is 25.7 Å². The fraction of sp³-hybridized carbons (Fsp3) is 0.0811. The van der Waals surface area contributed by atoms with Crippen molar-refractivity contribution in [2.24, 2.45) is 0 Å². The molecular weight excluding hydrogens is 961 g/mol. The Bertz CT molecular complexity index is 3350. The Labute approximate surface area is 464 Å². The van der Waals surface area contributed by atoms with Crippen LogP contribution in [0.4, 0.5) is 0 Å². The van der Waals surface area contributed by atoms with Crippen molar-refractivity contribution in [2.45, 2.75) is 39.5 Å². The number of rotatable bonds is 0. The van der Waals surface area contributed by atoms with Gasteiger partial charge in [-0.15, -0.1) is 0 Å². The summed E-state index contributed by atoms with van der Waals surface area (Å²) in [6, 6.07) is 85.2. The van der Waals surface area contributed by atoms with Gasteiger partial charge in [-0.25, -0.2) is 0 Å². The molecule has 5 heterocycles. The molecular formula is C74H62N4O. The fourth-order valence-electron chi connectivity index (χ4n) is 10.3. The van der Waals surface area contributed by atoms with Crippen molar-refractivity contribution < 1.29 is 4.42 Å². The monoisotopic (exact) mass is 1020 g/mol. The van der Waals surface area contributed by atoms with Gasteiger partial charge >= 0.3 is 0 Å². The van der Waals surface area contributed by atoms with Gasteiger partial charge in [0.05, 0.1) is 5.69 Å². The van der Waals surface area contributed by atoms with Crippen molar-refractivity contribution in [3.8, 4) is 44.5 Å². The van der Waals surface area contributed by atoms with Crippen LogP contribution in [0.15, 0.2) is 297 Å². The van der Waals surface area contributed by atoms with Crippen molar-refractivity contribution in [2.75, 3.05) is 0 Å². The molecule has 17 rings (SSSR count). The van der Waals surface area contributed by atoms with Gasteiger partial charge in [0.2, 0.25) is 0 Å². The molecule has 384 valence electrons. The first-order valence-corrected chi connectivity index (χ1v) is 27.2. The predicted molar refractivity (Wildman–Crippen MR) is 328 cm³/mol. The van der Waals surface area contributed by atoms with Crippen LogP contribution in [0.3, 0.4) is 0 Å². The zero-order valence-corrected chi connectivity index (χ0v) is 44.7. The average Bonchev–Trinajstić information content (AvgIpc) is 4.39. The molecule has 4 aliphatic carbocycles. The van der Waals surface area contributed by atoms with Gasteiger partial charge < -0.3 is 4.42 Å². The minimum Gasteiger partial charge on any atom is -0.456 e. The molecule has 0 saturated heterocycles. The number of para-hydroxylation sites is 2. The van der Waals surface area contributed by atoms with Crippen LogP contribution >= 0.6 is 0 Å². The average molecular weight is 1020 g/mol. The SMILES string of the molecule is CC.c1ccc2c(c1)Cc1ccccc1-2.c1ccc2c(c1)Cc1ccncc1-2.c1ccc2c(c1)Cc1cnccc1-2.c1ccc2c(c1)Cc1ncccc1-2.c1ccc2c(c1)oc1ccccc12.c1ccccc1.c1ccncc1. The third-order valence-electron chi connectivity index (χ3n) is 14.0. The van der Waals surface area contributed by atoms with Gasteiger partial charge in [0.1, 0.15) is 11.2 Å². The maximum Gasteiger partial charge on any atom is 0.135 e. The van der Waals surface area contributed by atoms with Crippen LogP contribution in [0.5, 0.6) is 0 Å². The largest absolute Gasteiger partial charge is 0.456 e. The predicted octanol–water partition coefficient (Wildman–Crippen LogP) is 18.6. The molecule has 0 saturated carbocycles. The summed E-state index contributed by atoms with van der Waals surface area (Å²) in [5.41, 5.74) is 23.9. The number of benzene rings is 8. The number of fused-ring (bicyclic) bond motifs is 15. The van der Waals surface area contributed by atoms with E-state index in [0.29, 0.717) is 0 Å². The fourth-order valence-corrected chi connectivity index (χ4v) is 10.3. The molecule has 0 radical (unpaired) electrons. The van der Waals surface area contributed by atoms with E-state index in [-0.39, 0.29) is 0 Å². The van der Waals surface area contributed by atoms with Gasteiger partial charge in [-0.05, 0) is 128 Å². The molecule has 5 aromatic heterocycles. The number of furan rings is 1. The van der Waals surface area contributed by atoms with Gasteiger partial charge in [0.15, 0.2) is 0 Å². The lowest BCUT2D eigenvalue weighted by molar-refractivity contribution is 0.669. The van der Waals surface area contributed by atoms with Crippen LogP contribution in [0.1, 0.15) is 58.5 Å². The van der Waals surface area contributed by atoms with Crippen molar-refractivity contribution in [3.63, 3.8) is 0 Å². The number of hydrogen-bond donors (Lipinski definition) is 0. The molecule has 0 spiro atoms. The topological polar surface area (TPSA) is 64.7 Å². The quantitative estimate of drug-likeness (QED) is 0.151. The molecule has 0 amide bonds. The number of hydrogen-bond acceptors (Lipinski definition) is 5. The summed E-state index contributed by atoms with van der Waals surface area (Å²) < 4.78 is 5.65. The van der Waals surface area contributed by atoms with E-state index in [2.05, 4.69) is 172 Å². The molecule has 0 atom stereocenters. The summed E-state index contributed by atoms with van der Waals surface area (Å²) in [4.78, 5) is 16.5. The first kappa shape index (κ1) is 52.6. The Balaban J connectivity index is 0.000000105. The van der Waals surface area contributed by atoms with E-state index < -0.39 is 0 Å². The van der Waals surface area contributed by atoms with E-state index in [1.165, 1.54) is 99.9 Å². The third-order valence-corrected chi connectivity index (χ3v) is 14.0. The van der Waals surface area contributed by atoms with Crippen molar-refractivity contribution in [3.05, 3.63) is 337 Å².